The summed E-state index contributed by atoms with van der Waals surface area (Å²) in [6.45, 7) is 0.0540. The van der Waals surface area contributed by atoms with Gasteiger partial charge in [0.05, 0.1) is 20.8 Å². The molecule has 0 aliphatic rings. The standard InChI is InChI=1S/C22H21FN2O4/c1-27-19-11-6-16(13-20(19)28-2)14-25(21-5-3-4-12-24-21)22(26)15-29-18-9-7-17(23)8-10-18/h3-13H,14-15H2,1-2H3. The molecule has 0 atom stereocenters. The number of halogens is 1. The Morgan fingerprint density at radius 1 is 1.00 bits per heavy atom. The number of ether oxygens (including phenoxy) is 3. The lowest BCUT2D eigenvalue weighted by Gasteiger charge is -2.22. The highest BCUT2D eigenvalue weighted by atomic mass is 19.1. The van der Waals surface area contributed by atoms with Crippen LogP contribution in [0, 0.1) is 5.82 Å². The molecule has 1 amide bonds. The first-order valence-electron chi connectivity index (χ1n) is 8.91. The highest BCUT2D eigenvalue weighted by Gasteiger charge is 2.19. The lowest BCUT2D eigenvalue weighted by Crippen LogP contribution is -2.35. The predicted octanol–water partition coefficient (Wildman–Crippen LogP) is 3.85. The molecule has 7 heteroatoms. The van der Waals surface area contributed by atoms with Crippen LogP contribution in [0.2, 0.25) is 0 Å². The van der Waals surface area contributed by atoms with E-state index in [1.54, 1.807) is 44.7 Å². The van der Waals surface area contributed by atoms with Gasteiger partial charge in [-0.3, -0.25) is 9.69 Å². The van der Waals surface area contributed by atoms with Crippen molar-refractivity contribution in [2.75, 3.05) is 25.7 Å². The Bertz CT molecular complexity index is 949. The molecule has 2 aromatic carbocycles. The molecule has 0 unspecified atom stereocenters. The number of carbonyl (C=O) groups excluding carboxylic acids is 1. The number of methoxy groups -OCH3 is 2. The number of amides is 1. The second-order valence-electron chi connectivity index (χ2n) is 6.10. The molecule has 3 rings (SSSR count). The molecule has 0 bridgehead atoms. The van der Waals surface area contributed by atoms with E-state index in [0.717, 1.165) is 5.56 Å². The van der Waals surface area contributed by atoms with Gasteiger partial charge < -0.3 is 14.2 Å². The van der Waals surface area contributed by atoms with E-state index >= 15 is 0 Å². The first kappa shape index (κ1) is 20.1. The summed E-state index contributed by atoms with van der Waals surface area (Å²) in [7, 11) is 3.12. The van der Waals surface area contributed by atoms with Crippen molar-refractivity contribution < 1.29 is 23.4 Å². The fourth-order valence-corrected chi connectivity index (χ4v) is 2.73. The molecule has 1 aromatic heterocycles. The number of nitrogens with zero attached hydrogens (tertiary/aromatic N) is 2. The maximum absolute atomic E-state index is 13.0. The van der Waals surface area contributed by atoms with Crippen molar-refractivity contribution >= 4 is 11.7 Å². The van der Waals surface area contributed by atoms with Crippen LogP contribution < -0.4 is 19.1 Å². The average Bonchev–Trinajstić information content (AvgIpc) is 2.77. The van der Waals surface area contributed by atoms with Crippen LogP contribution in [0.5, 0.6) is 17.2 Å². The number of hydrogen-bond acceptors (Lipinski definition) is 5. The second kappa shape index (κ2) is 9.54. The second-order valence-corrected chi connectivity index (χ2v) is 6.10. The zero-order valence-electron chi connectivity index (χ0n) is 16.2. The first-order chi connectivity index (χ1) is 14.1. The van der Waals surface area contributed by atoms with Crippen molar-refractivity contribution in [2.24, 2.45) is 0 Å². The number of carbonyl (C=O) groups is 1. The van der Waals surface area contributed by atoms with Crippen molar-refractivity contribution in [1.82, 2.24) is 4.98 Å². The Morgan fingerprint density at radius 2 is 1.76 bits per heavy atom. The third kappa shape index (κ3) is 5.22. The fraction of sp³-hybridized carbons (Fsp3) is 0.182. The molecule has 0 radical (unpaired) electrons. The van der Waals surface area contributed by atoms with Crippen molar-refractivity contribution in [3.63, 3.8) is 0 Å². The Kier molecular flexibility index (Phi) is 6.63. The summed E-state index contributed by atoms with van der Waals surface area (Å²) in [6, 6.07) is 16.3. The van der Waals surface area contributed by atoms with Crippen LogP contribution in [0.3, 0.4) is 0 Å². The van der Waals surface area contributed by atoms with Crippen LogP contribution in [0.4, 0.5) is 10.2 Å². The van der Waals surface area contributed by atoms with Crippen LogP contribution in [0.1, 0.15) is 5.56 Å². The number of rotatable bonds is 8. The molecular formula is C22H21FN2O4. The molecule has 1 heterocycles. The van der Waals surface area contributed by atoms with Gasteiger partial charge in [-0.2, -0.15) is 0 Å². The molecule has 3 aromatic rings. The summed E-state index contributed by atoms with van der Waals surface area (Å²) in [6.07, 6.45) is 1.62. The molecule has 0 aliphatic heterocycles. The SMILES string of the molecule is COc1ccc(CN(C(=O)COc2ccc(F)cc2)c2ccccn2)cc1OC. The monoisotopic (exact) mass is 396 g/mol. The van der Waals surface area contributed by atoms with Crippen molar-refractivity contribution in [3.05, 3.63) is 78.2 Å². The molecular weight excluding hydrogens is 375 g/mol. The Morgan fingerprint density at radius 3 is 2.41 bits per heavy atom. The van der Waals surface area contributed by atoms with Crippen LogP contribution in [-0.4, -0.2) is 31.7 Å². The molecule has 6 nitrogen and oxygen atoms in total. The Labute approximate surface area is 168 Å². The van der Waals surface area contributed by atoms with E-state index in [0.29, 0.717) is 23.1 Å². The van der Waals surface area contributed by atoms with E-state index in [2.05, 4.69) is 4.98 Å². The molecule has 150 valence electrons. The summed E-state index contributed by atoms with van der Waals surface area (Å²) < 4.78 is 29.1. The maximum Gasteiger partial charge on any atom is 0.266 e. The minimum Gasteiger partial charge on any atom is -0.493 e. The summed E-state index contributed by atoms with van der Waals surface area (Å²) in [4.78, 5) is 18.7. The normalized spacial score (nSPS) is 10.3. The number of benzene rings is 2. The van der Waals surface area contributed by atoms with Gasteiger partial charge in [0.15, 0.2) is 18.1 Å². The fourth-order valence-electron chi connectivity index (χ4n) is 2.73. The van der Waals surface area contributed by atoms with Crippen molar-refractivity contribution in [3.8, 4) is 17.2 Å². The van der Waals surface area contributed by atoms with E-state index < -0.39 is 0 Å². The third-order valence-electron chi connectivity index (χ3n) is 4.19. The van der Waals surface area contributed by atoms with E-state index in [-0.39, 0.29) is 24.9 Å². The Balaban J connectivity index is 1.79. The largest absolute Gasteiger partial charge is 0.493 e. The molecule has 0 saturated carbocycles. The van der Waals surface area contributed by atoms with Gasteiger partial charge in [-0.15, -0.1) is 0 Å². The number of hydrogen-bond donors (Lipinski definition) is 0. The van der Waals surface area contributed by atoms with Gasteiger partial charge in [0.2, 0.25) is 0 Å². The van der Waals surface area contributed by atoms with E-state index in [4.69, 9.17) is 14.2 Å². The van der Waals surface area contributed by atoms with Crippen LogP contribution >= 0.6 is 0 Å². The molecule has 0 N–H and O–H groups in total. The maximum atomic E-state index is 13.0. The number of aromatic nitrogens is 1. The van der Waals surface area contributed by atoms with Crippen LogP contribution in [0.25, 0.3) is 0 Å². The first-order valence-corrected chi connectivity index (χ1v) is 8.91. The molecule has 0 saturated heterocycles. The quantitative estimate of drug-likeness (QED) is 0.579. The Hall–Kier alpha value is -3.61. The van der Waals surface area contributed by atoms with E-state index in [1.807, 2.05) is 12.1 Å². The zero-order chi connectivity index (χ0) is 20.6. The minimum atomic E-state index is -0.368. The summed E-state index contributed by atoms with van der Waals surface area (Å²) in [5.41, 5.74) is 0.837. The highest BCUT2D eigenvalue weighted by molar-refractivity contribution is 5.93. The smallest absolute Gasteiger partial charge is 0.266 e. The summed E-state index contributed by atoms with van der Waals surface area (Å²) in [5.74, 6) is 1.42. The topological polar surface area (TPSA) is 60.9 Å². The summed E-state index contributed by atoms with van der Waals surface area (Å²) in [5, 5.41) is 0. The van der Waals surface area contributed by atoms with E-state index in [1.165, 1.54) is 29.2 Å². The van der Waals surface area contributed by atoms with Gasteiger partial charge in [0.25, 0.3) is 5.91 Å². The van der Waals surface area contributed by atoms with Gasteiger partial charge in [0.1, 0.15) is 17.4 Å². The lowest BCUT2D eigenvalue weighted by atomic mass is 10.2. The summed E-state index contributed by atoms with van der Waals surface area (Å²) >= 11 is 0. The predicted molar refractivity (Wildman–Crippen MR) is 107 cm³/mol. The molecule has 0 spiro atoms. The van der Waals surface area contributed by atoms with Gasteiger partial charge in [-0.25, -0.2) is 9.37 Å². The minimum absolute atomic E-state index is 0.213. The molecule has 0 aliphatic carbocycles. The third-order valence-corrected chi connectivity index (χ3v) is 4.19. The van der Waals surface area contributed by atoms with Gasteiger partial charge in [-0.05, 0) is 54.1 Å². The number of pyridine rings is 1. The van der Waals surface area contributed by atoms with Crippen LogP contribution in [0.15, 0.2) is 66.9 Å². The van der Waals surface area contributed by atoms with Gasteiger partial charge in [0, 0.05) is 6.20 Å². The average molecular weight is 396 g/mol. The van der Waals surface area contributed by atoms with Crippen molar-refractivity contribution in [2.45, 2.75) is 6.54 Å². The van der Waals surface area contributed by atoms with Gasteiger partial charge in [-0.1, -0.05) is 12.1 Å². The zero-order valence-corrected chi connectivity index (χ0v) is 16.2. The van der Waals surface area contributed by atoms with Gasteiger partial charge >= 0.3 is 0 Å². The lowest BCUT2D eigenvalue weighted by molar-refractivity contribution is -0.120. The molecule has 0 fully saturated rings. The number of anilines is 1. The van der Waals surface area contributed by atoms with Crippen LogP contribution in [-0.2, 0) is 11.3 Å². The highest BCUT2D eigenvalue weighted by Crippen LogP contribution is 2.28. The molecule has 29 heavy (non-hydrogen) atoms. The van der Waals surface area contributed by atoms with Crippen molar-refractivity contribution in [1.29, 1.82) is 0 Å². The van der Waals surface area contributed by atoms with E-state index in [9.17, 15) is 9.18 Å².